The van der Waals surface area contributed by atoms with Gasteiger partial charge in [0.15, 0.2) is 0 Å². The molecule has 1 aliphatic carbocycles. The van der Waals surface area contributed by atoms with Gasteiger partial charge in [-0.1, -0.05) is 62.4 Å². The molecule has 27 heavy (non-hydrogen) atoms. The highest BCUT2D eigenvalue weighted by atomic mass is 35.5. The molecule has 2 aromatic rings. The minimum absolute atomic E-state index is 0.0370. The number of hydrogen-bond donors (Lipinski definition) is 1. The molecule has 3 nitrogen and oxygen atoms in total. The van der Waals surface area contributed by atoms with Crippen molar-refractivity contribution in [2.45, 2.75) is 57.3 Å². The largest absolute Gasteiger partial charge is 0.494 e. The van der Waals surface area contributed by atoms with Crippen molar-refractivity contribution in [1.82, 2.24) is 0 Å². The Morgan fingerprint density at radius 3 is 2.44 bits per heavy atom. The molecular formula is C23H28ClNO2. The molecule has 1 saturated carbocycles. The molecule has 0 atom stereocenters. The Kier molecular flexibility index (Phi) is 6.78. The van der Waals surface area contributed by atoms with Crippen molar-refractivity contribution in [3.8, 4) is 5.75 Å². The van der Waals surface area contributed by atoms with Crippen molar-refractivity contribution in [3.63, 3.8) is 0 Å². The summed E-state index contributed by atoms with van der Waals surface area (Å²) in [6.45, 7) is 2.86. The number of halogens is 1. The number of carbonyl (C=O) groups excluding carboxylic acids is 1. The Balaban J connectivity index is 1.76. The minimum Gasteiger partial charge on any atom is -0.494 e. The maximum Gasteiger partial charge on any atom is 0.235 e. The first-order valence-corrected chi connectivity index (χ1v) is 10.3. The van der Waals surface area contributed by atoms with Gasteiger partial charge in [-0.25, -0.2) is 0 Å². The summed E-state index contributed by atoms with van der Waals surface area (Å²) in [5.41, 5.74) is 1.19. The summed E-state index contributed by atoms with van der Waals surface area (Å²) < 4.78 is 5.70. The molecule has 4 heteroatoms. The second kappa shape index (κ2) is 9.27. The van der Waals surface area contributed by atoms with Crippen LogP contribution in [0.4, 0.5) is 5.69 Å². The third kappa shape index (κ3) is 4.65. The number of hydrogen-bond acceptors (Lipinski definition) is 2. The number of unbranched alkanes of at least 4 members (excludes halogenated alkanes) is 1. The van der Waals surface area contributed by atoms with Crippen LogP contribution in [0.5, 0.6) is 5.75 Å². The van der Waals surface area contributed by atoms with Crippen molar-refractivity contribution in [2.24, 2.45) is 0 Å². The Morgan fingerprint density at radius 1 is 1.07 bits per heavy atom. The summed E-state index contributed by atoms with van der Waals surface area (Å²) in [5.74, 6) is 0.870. The highest BCUT2D eigenvalue weighted by Gasteiger charge is 2.42. The van der Waals surface area contributed by atoms with Crippen LogP contribution in [0.1, 0.15) is 57.4 Å². The third-order valence-corrected chi connectivity index (χ3v) is 5.74. The van der Waals surface area contributed by atoms with Crippen molar-refractivity contribution in [1.29, 1.82) is 0 Å². The molecule has 1 fully saturated rings. The van der Waals surface area contributed by atoms with Gasteiger partial charge in [0.25, 0.3) is 0 Å². The van der Waals surface area contributed by atoms with E-state index >= 15 is 0 Å². The SMILES string of the molecule is CCCCOc1ccc(NC(=O)C2(c3ccccc3Cl)CCCCC2)cc1. The van der Waals surface area contributed by atoms with Gasteiger partial charge in [0.05, 0.1) is 12.0 Å². The minimum atomic E-state index is -0.549. The summed E-state index contributed by atoms with van der Waals surface area (Å²) in [6.07, 6.45) is 7.08. The lowest BCUT2D eigenvalue weighted by molar-refractivity contribution is -0.122. The van der Waals surface area contributed by atoms with E-state index in [9.17, 15) is 4.79 Å². The molecule has 3 rings (SSSR count). The lowest BCUT2D eigenvalue weighted by atomic mass is 9.68. The van der Waals surface area contributed by atoms with Gasteiger partial charge >= 0.3 is 0 Å². The average molecular weight is 386 g/mol. The molecule has 0 aromatic heterocycles. The Labute approximate surface area is 167 Å². The van der Waals surface area contributed by atoms with Crippen molar-refractivity contribution < 1.29 is 9.53 Å². The predicted molar refractivity (Wildman–Crippen MR) is 112 cm³/mol. The van der Waals surface area contributed by atoms with Crippen LogP contribution in [0.3, 0.4) is 0 Å². The number of nitrogens with one attached hydrogen (secondary N) is 1. The van der Waals surface area contributed by atoms with Crippen LogP contribution in [0.25, 0.3) is 0 Å². The summed E-state index contributed by atoms with van der Waals surface area (Å²) >= 11 is 6.48. The molecule has 0 spiro atoms. The molecule has 1 amide bonds. The first-order chi connectivity index (χ1) is 13.2. The summed E-state index contributed by atoms with van der Waals surface area (Å²) in [5, 5.41) is 3.79. The molecule has 0 saturated heterocycles. The molecule has 144 valence electrons. The van der Waals surface area contributed by atoms with Crippen LogP contribution in [-0.4, -0.2) is 12.5 Å². The predicted octanol–water partition coefficient (Wildman–Crippen LogP) is 6.36. The van der Waals surface area contributed by atoms with Gasteiger partial charge in [0.2, 0.25) is 5.91 Å². The number of rotatable bonds is 7. The highest BCUT2D eigenvalue weighted by molar-refractivity contribution is 6.31. The zero-order valence-corrected chi connectivity index (χ0v) is 16.7. The summed E-state index contributed by atoms with van der Waals surface area (Å²) in [7, 11) is 0. The molecule has 0 heterocycles. The molecule has 0 bridgehead atoms. The van der Waals surface area contributed by atoms with E-state index in [0.717, 1.165) is 62.1 Å². The van der Waals surface area contributed by atoms with Crippen LogP contribution >= 0.6 is 11.6 Å². The highest BCUT2D eigenvalue weighted by Crippen LogP contribution is 2.43. The molecule has 0 unspecified atom stereocenters. The van der Waals surface area contributed by atoms with E-state index < -0.39 is 5.41 Å². The van der Waals surface area contributed by atoms with Gasteiger partial charge in [0.1, 0.15) is 5.75 Å². The number of ether oxygens (including phenoxy) is 1. The number of amides is 1. The molecule has 0 aliphatic heterocycles. The summed E-state index contributed by atoms with van der Waals surface area (Å²) in [6, 6.07) is 15.4. The number of carbonyl (C=O) groups is 1. The lowest BCUT2D eigenvalue weighted by Crippen LogP contribution is -2.42. The van der Waals surface area contributed by atoms with E-state index in [1.807, 2.05) is 48.5 Å². The third-order valence-electron chi connectivity index (χ3n) is 5.41. The molecule has 2 aromatic carbocycles. The topological polar surface area (TPSA) is 38.3 Å². The number of benzene rings is 2. The van der Waals surface area contributed by atoms with E-state index in [-0.39, 0.29) is 5.91 Å². The molecule has 0 radical (unpaired) electrons. The molecule has 1 N–H and O–H groups in total. The van der Waals surface area contributed by atoms with Crippen LogP contribution in [-0.2, 0) is 10.2 Å². The van der Waals surface area contributed by atoms with Gasteiger partial charge in [-0.05, 0) is 55.2 Å². The standard InChI is InChI=1S/C23H28ClNO2/c1-2-3-17-27-19-13-11-18(12-14-19)25-22(26)23(15-7-4-8-16-23)20-9-5-6-10-21(20)24/h5-6,9-14H,2-4,7-8,15-17H2,1H3,(H,25,26). The van der Waals surface area contributed by atoms with Crippen LogP contribution < -0.4 is 10.1 Å². The fourth-order valence-electron chi connectivity index (χ4n) is 3.84. The van der Waals surface area contributed by atoms with Crippen molar-refractivity contribution in [3.05, 3.63) is 59.1 Å². The molecule has 1 aliphatic rings. The van der Waals surface area contributed by atoms with Gasteiger partial charge in [-0.2, -0.15) is 0 Å². The zero-order chi connectivity index (χ0) is 19.1. The maximum atomic E-state index is 13.3. The maximum absolute atomic E-state index is 13.3. The Morgan fingerprint density at radius 2 is 1.78 bits per heavy atom. The first kappa shape index (κ1) is 19.8. The van der Waals surface area contributed by atoms with E-state index in [0.29, 0.717) is 5.02 Å². The van der Waals surface area contributed by atoms with Crippen LogP contribution in [0, 0.1) is 0 Å². The van der Waals surface area contributed by atoms with E-state index in [2.05, 4.69) is 12.2 Å². The van der Waals surface area contributed by atoms with Crippen molar-refractivity contribution in [2.75, 3.05) is 11.9 Å². The normalized spacial score (nSPS) is 15.9. The first-order valence-electron chi connectivity index (χ1n) is 9.95. The van der Waals surface area contributed by atoms with E-state index in [4.69, 9.17) is 16.3 Å². The van der Waals surface area contributed by atoms with Gasteiger partial charge in [-0.15, -0.1) is 0 Å². The number of anilines is 1. The fraction of sp³-hybridized carbons (Fsp3) is 0.435. The van der Waals surface area contributed by atoms with Crippen LogP contribution in [0.2, 0.25) is 5.02 Å². The van der Waals surface area contributed by atoms with Gasteiger partial charge < -0.3 is 10.1 Å². The Hall–Kier alpha value is -2.00. The smallest absolute Gasteiger partial charge is 0.235 e. The van der Waals surface area contributed by atoms with Gasteiger partial charge in [0, 0.05) is 10.7 Å². The van der Waals surface area contributed by atoms with Crippen LogP contribution in [0.15, 0.2) is 48.5 Å². The Bertz CT molecular complexity index is 751. The zero-order valence-electron chi connectivity index (χ0n) is 16.0. The van der Waals surface area contributed by atoms with E-state index in [1.165, 1.54) is 6.42 Å². The van der Waals surface area contributed by atoms with Crippen molar-refractivity contribution >= 4 is 23.2 Å². The van der Waals surface area contributed by atoms with Gasteiger partial charge in [-0.3, -0.25) is 4.79 Å². The monoisotopic (exact) mass is 385 g/mol. The van der Waals surface area contributed by atoms with E-state index in [1.54, 1.807) is 0 Å². The lowest BCUT2D eigenvalue weighted by Gasteiger charge is -2.37. The average Bonchev–Trinajstić information content (AvgIpc) is 2.70. The molecular weight excluding hydrogens is 358 g/mol. The fourth-order valence-corrected chi connectivity index (χ4v) is 4.16. The summed E-state index contributed by atoms with van der Waals surface area (Å²) in [4.78, 5) is 13.3. The quantitative estimate of drug-likeness (QED) is 0.563. The second-order valence-electron chi connectivity index (χ2n) is 7.30. The second-order valence-corrected chi connectivity index (χ2v) is 7.71.